The number of nitrogens with one attached hydrogen (secondary N) is 1. The Morgan fingerprint density at radius 2 is 1.67 bits per heavy atom. The third-order valence-corrected chi connectivity index (χ3v) is 7.74. The molecule has 9 heteroatoms. The molecule has 0 aromatic heterocycles. The zero-order chi connectivity index (χ0) is 26.5. The molecule has 0 aliphatic rings. The molecule has 192 valence electrons. The molecule has 0 saturated carbocycles. The lowest BCUT2D eigenvalue weighted by molar-refractivity contribution is -0.139. The molecule has 0 unspecified atom stereocenters. The number of carbonyl (C=O) groups excluding carboxylic acids is 2. The van der Waals surface area contributed by atoms with E-state index in [4.69, 9.17) is 0 Å². The maximum Gasteiger partial charge on any atom is 0.244 e. The van der Waals surface area contributed by atoms with Crippen molar-refractivity contribution in [3.63, 3.8) is 0 Å². The maximum absolute atomic E-state index is 13.7. The van der Waals surface area contributed by atoms with Gasteiger partial charge in [0.1, 0.15) is 12.6 Å². The molecule has 0 aliphatic carbocycles. The number of sulfonamides is 1. The Balaban J connectivity index is 1.99. The lowest BCUT2D eigenvalue weighted by Gasteiger charge is -2.32. The Bertz CT molecular complexity index is 1340. The van der Waals surface area contributed by atoms with Gasteiger partial charge < -0.3 is 10.2 Å². The van der Waals surface area contributed by atoms with Crippen LogP contribution in [0, 0.1) is 0 Å². The normalized spacial score (nSPS) is 13.1. The summed E-state index contributed by atoms with van der Waals surface area (Å²) in [5.41, 5.74) is 1.24. The van der Waals surface area contributed by atoms with Crippen LogP contribution in [-0.2, 0) is 26.2 Å². The van der Waals surface area contributed by atoms with Gasteiger partial charge in [0.25, 0.3) is 0 Å². The van der Waals surface area contributed by atoms with Gasteiger partial charge in [-0.25, -0.2) is 8.42 Å². The van der Waals surface area contributed by atoms with Crippen molar-refractivity contribution < 1.29 is 18.0 Å². The van der Waals surface area contributed by atoms with E-state index in [0.717, 1.165) is 37.8 Å². The van der Waals surface area contributed by atoms with Gasteiger partial charge in [-0.1, -0.05) is 71.4 Å². The summed E-state index contributed by atoms with van der Waals surface area (Å²) in [4.78, 5) is 28.2. The van der Waals surface area contributed by atoms with E-state index in [9.17, 15) is 18.0 Å². The van der Waals surface area contributed by atoms with Gasteiger partial charge in [0.15, 0.2) is 0 Å². The number of hydrogen-bond donors (Lipinski definition) is 1. The first-order chi connectivity index (χ1) is 17.0. The summed E-state index contributed by atoms with van der Waals surface area (Å²) >= 11 is 3.45. The highest BCUT2D eigenvalue weighted by Gasteiger charge is 2.31. The monoisotopic (exact) mass is 573 g/mol. The lowest BCUT2D eigenvalue weighted by atomic mass is 10.1. The van der Waals surface area contributed by atoms with Gasteiger partial charge in [-0.05, 0) is 49.4 Å². The van der Waals surface area contributed by atoms with Gasteiger partial charge in [-0.2, -0.15) is 0 Å². The molecule has 2 amide bonds. The molecule has 36 heavy (non-hydrogen) atoms. The summed E-state index contributed by atoms with van der Waals surface area (Å²) in [5.74, 6) is -0.760. The van der Waals surface area contributed by atoms with Crippen molar-refractivity contribution in [2.75, 3.05) is 17.1 Å². The molecular formula is C27H32BrN3O4S. The van der Waals surface area contributed by atoms with Crippen LogP contribution in [0.4, 0.5) is 5.69 Å². The third kappa shape index (κ3) is 6.85. The number of anilines is 1. The van der Waals surface area contributed by atoms with Crippen molar-refractivity contribution in [2.24, 2.45) is 0 Å². The second kappa shape index (κ2) is 11.9. The van der Waals surface area contributed by atoms with E-state index in [2.05, 4.69) is 21.2 Å². The first-order valence-corrected chi connectivity index (χ1v) is 14.4. The van der Waals surface area contributed by atoms with Crippen LogP contribution >= 0.6 is 15.9 Å². The Labute approximate surface area is 221 Å². The highest BCUT2D eigenvalue weighted by molar-refractivity contribution is 9.10. The highest BCUT2D eigenvalue weighted by Crippen LogP contribution is 2.28. The second-order valence-corrected chi connectivity index (χ2v) is 11.7. The van der Waals surface area contributed by atoms with E-state index in [1.165, 1.54) is 4.90 Å². The van der Waals surface area contributed by atoms with E-state index in [1.54, 1.807) is 19.1 Å². The van der Waals surface area contributed by atoms with Gasteiger partial charge in [0.05, 0.1) is 11.9 Å². The molecule has 0 radical (unpaired) electrons. The molecule has 7 nitrogen and oxygen atoms in total. The molecule has 0 aliphatic heterocycles. The zero-order valence-corrected chi connectivity index (χ0v) is 23.3. The number of fused-ring (bicyclic) bond motifs is 1. The van der Waals surface area contributed by atoms with Gasteiger partial charge in [0, 0.05) is 22.4 Å². The van der Waals surface area contributed by atoms with E-state index >= 15 is 0 Å². The fourth-order valence-corrected chi connectivity index (χ4v) is 5.21. The van der Waals surface area contributed by atoms with Crippen LogP contribution in [-0.4, -0.2) is 50.0 Å². The molecule has 1 N–H and O–H groups in total. The summed E-state index contributed by atoms with van der Waals surface area (Å²) in [7, 11) is -3.81. The Morgan fingerprint density at radius 1 is 1.00 bits per heavy atom. The molecule has 0 spiro atoms. The topological polar surface area (TPSA) is 86.8 Å². The molecule has 0 bridgehead atoms. The second-order valence-electron chi connectivity index (χ2n) is 8.91. The van der Waals surface area contributed by atoms with E-state index in [0.29, 0.717) is 5.69 Å². The fourth-order valence-electron chi connectivity index (χ4n) is 3.90. The largest absolute Gasteiger partial charge is 0.352 e. The van der Waals surface area contributed by atoms with Crippen LogP contribution < -0.4 is 9.62 Å². The van der Waals surface area contributed by atoms with Crippen LogP contribution in [0.3, 0.4) is 0 Å². The van der Waals surface area contributed by atoms with Crippen LogP contribution in [0.1, 0.15) is 32.8 Å². The molecular weight excluding hydrogens is 542 g/mol. The summed E-state index contributed by atoms with van der Waals surface area (Å²) in [6.07, 6.45) is 1.83. The maximum atomic E-state index is 13.7. The molecule has 0 fully saturated rings. The van der Waals surface area contributed by atoms with Gasteiger partial charge in [-0.3, -0.25) is 13.9 Å². The Morgan fingerprint density at radius 3 is 2.33 bits per heavy atom. The van der Waals surface area contributed by atoms with Crippen molar-refractivity contribution >= 4 is 54.2 Å². The molecule has 3 aromatic rings. The number of hydrogen-bond acceptors (Lipinski definition) is 4. The van der Waals surface area contributed by atoms with Crippen molar-refractivity contribution in [1.82, 2.24) is 10.2 Å². The Hall–Kier alpha value is -2.91. The summed E-state index contributed by atoms with van der Waals surface area (Å²) in [5, 5.41) is 4.51. The molecule has 3 rings (SSSR count). The quantitative estimate of drug-likeness (QED) is 0.381. The number of nitrogens with zero attached hydrogens (tertiary/aromatic N) is 2. The molecule has 0 saturated heterocycles. The number of rotatable bonds is 10. The lowest BCUT2D eigenvalue weighted by Crippen LogP contribution is -2.52. The summed E-state index contributed by atoms with van der Waals surface area (Å²) in [6.45, 7) is 5.25. The van der Waals surface area contributed by atoms with Crippen LogP contribution in [0.15, 0.2) is 71.2 Å². The van der Waals surface area contributed by atoms with Gasteiger partial charge >= 0.3 is 0 Å². The Kier molecular flexibility index (Phi) is 9.13. The minimum atomic E-state index is -3.81. The SMILES string of the molecule is CC[C@@H](C)NC(=O)[C@H](C)N(Cc1cccc(Br)c1)C(=O)CN(c1cccc2ccccc12)S(C)(=O)=O. The first-order valence-electron chi connectivity index (χ1n) is 11.8. The molecule has 2 atom stereocenters. The average Bonchev–Trinajstić information content (AvgIpc) is 2.84. The smallest absolute Gasteiger partial charge is 0.244 e. The van der Waals surface area contributed by atoms with Crippen molar-refractivity contribution in [3.8, 4) is 0 Å². The van der Waals surface area contributed by atoms with Gasteiger partial charge in [-0.15, -0.1) is 0 Å². The zero-order valence-electron chi connectivity index (χ0n) is 20.9. The average molecular weight is 575 g/mol. The van der Waals surface area contributed by atoms with E-state index in [1.807, 2.05) is 68.4 Å². The summed E-state index contributed by atoms with van der Waals surface area (Å²) < 4.78 is 27.7. The first kappa shape index (κ1) is 27.7. The standard InChI is InChI=1S/C27H32BrN3O4S/c1-5-19(2)29-27(33)20(3)30(17-21-10-8-13-23(28)16-21)26(32)18-31(36(4,34)35)25-15-9-12-22-11-6-7-14-24(22)25/h6-16,19-20H,5,17-18H2,1-4H3,(H,29,33)/t19-,20+/m1/s1. The van der Waals surface area contributed by atoms with Crippen molar-refractivity contribution in [3.05, 3.63) is 76.8 Å². The minimum Gasteiger partial charge on any atom is -0.352 e. The van der Waals surface area contributed by atoms with Crippen LogP contribution in [0.2, 0.25) is 0 Å². The van der Waals surface area contributed by atoms with Gasteiger partial charge in [0.2, 0.25) is 21.8 Å². The third-order valence-electron chi connectivity index (χ3n) is 6.12. The fraction of sp³-hybridized carbons (Fsp3) is 0.333. The highest BCUT2D eigenvalue weighted by atomic mass is 79.9. The predicted molar refractivity (Wildman–Crippen MR) is 148 cm³/mol. The number of benzene rings is 3. The molecule has 0 heterocycles. The molecule has 3 aromatic carbocycles. The number of amides is 2. The van der Waals surface area contributed by atoms with E-state index < -0.39 is 28.5 Å². The van der Waals surface area contributed by atoms with E-state index in [-0.39, 0.29) is 18.5 Å². The summed E-state index contributed by atoms with van der Waals surface area (Å²) in [6, 6.07) is 19.4. The number of carbonyl (C=O) groups is 2. The predicted octanol–water partition coefficient (Wildman–Crippen LogP) is 4.70. The van der Waals surface area contributed by atoms with Crippen LogP contribution in [0.5, 0.6) is 0 Å². The number of halogens is 1. The minimum absolute atomic E-state index is 0.0500. The van der Waals surface area contributed by atoms with Crippen molar-refractivity contribution in [1.29, 1.82) is 0 Å². The van der Waals surface area contributed by atoms with Crippen LogP contribution in [0.25, 0.3) is 10.8 Å². The van der Waals surface area contributed by atoms with Crippen molar-refractivity contribution in [2.45, 2.75) is 45.8 Å².